The van der Waals surface area contributed by atoms with Gasteiger partial charge >= 0.3 is 0 Å². The minimum Gasteiger partial charge on any atom is -0.366 e. The number of anilines is 2. The van der Waals surface area contributed by atoms with E-state index in [1.807, 2.05) is 53.2 Å². The number of para-hydroxylation sites is 1. The second-order valence-corrected chi connectivity index (χ2v) is 11.7. The molecule has 10 heteroatoms. The van der Waals surface area contributed by atoms with Gasteiger partial charge in [0.25, 0.3) is 17.7 Å². The molecule has 1 atom stereocenters. The summed E-state index contributed by atoms with van der Waals surface area (Å²) in [7, 11) is 0. The number of benzene rings is 4. The fraction of sp³-hybridized carbons (Fsp3) is 0.0286. The summed E-state index contributed by atoms with van der Waals surface area (Å²) < 4.78 is 0. The summed E-state index contributed by atoms with van der Waals surface area (Å²) in [5.74, 6) is -1.85. The summed E-state index contributed by atoms with van der Waals surface area (Å²) in [5, 5.41) is 11.5. The lowest BCUT2D eigenvalue weighted by molar-refractivity contribution is -0.116. The molecule has 5 N–H and O–H groups in total. The monoisotopic (exact) mass is 632 g/mol. The van der Waals surface area contributed by atoms with Gasteiger partial charge in [0.05, 0.1) is 11.3 Å². The summed E-state index contributed by atoms with van der Waals surface area (Å²) in [6.07, 6.45) is 1.62. The van der Waals surface area contributed by atoms with Gasteiger partial charge in [-0.3, -0.25) is 19.2 Å². The molecular formula is C35H28N4O4S2. The van der Waals surface area contributed by atoms with Crippen LogP contribution in [0.3, 0.4) is 0 Å². The second kappa shape index (κ2) is 14.8. The first kappa shape index (κ1) is 31.0. The van der Waals surface area contributed by atoms with E-state index in [9.17, 15) is 19.2 Å². The Morgan fingerprint density at radius 2 is 1.42 bits per heavy atom. The Labute approximate surface area is 268 Å². The lowest BCUT2D eigenvalue weighted by Crippen LogP contribution is -2.30. The van der Waals surface area contributed by atoms with Crippen LogP contribution in [0.4, 0.5) is 11.4 Å². The van der Waals surface area contributed by atoms with Crippen molar-refractivity contribution in [3.05, 3.63) is 154 Å². The van der Waals surface area contributed by atoms with E-state index in [4.69, 9.17) is 5.73 Å². The molecule has 8 nitrogen and oxygen atoms in total. The Hall–Kier alpha value is -5.45. The van der Waals surface area contributed by atoms with Gasteiger partial charge in [0.2, 0.25) is 5.91 Å². The van der Waals surface area contributed by atoms with Crippen LogP contribution >= 0.6 is 23.1 Å². The molecule has 1 heterocycles. The third-order valence-electron chi connectivity index (χ3n) is 6.54. The summed E-state index contributed by atoms with van der Waals surface area (Å²) >= 11 is 2.80. The standard InChI is InChI=1S/C35H28N4O4S2/c36-32(40)28-13-7-8-14-29(28)38-35(43)31(24-9-3-1-4-10-24)45-27-17-15-26(16-18-27)37-34(42)30(21-23-19-20-44-22-23)39-33(41)25-11-5-2-6-12-25/h1-22,31H,(H2,36,40)(H,37,42)(H,38,43)(H,39,41)/b30-21-. The molecule has 4 aromatic carbocycles. The summed E-state index contributed by atoms with van der Waals surface area (Å²) in [6, 6.07) is 33.4. The van der Waals surface area contributed by atoms with Crippen LogP contribution in [0.1, 0.15) is 37.1 Å². The zero-order valence-corrected chi connectivity index (χ0v) is 25.4. The Morgan fingerprint density at radius 1 is 0.756 bits per heavy atom. The fourth-order valence-electron chi connectivity index (χ4n) is 4.32. The molecule has 45 heavy (non-hydrogen) atoms. The van der Waals surface area contributed by atoms with Crippen molar-refractivity contribution in [1.82, 2.24) is 5.32 Å². The lowest BCUT2D eigenvalue weighted by Gasteiger charge is -2.18. The first-order valence-corrected chi connectivity index (χ1v) is 15.6. The van der Waals surface area contributed by atoms with Crippen molar-refractivity contribution < 1.29 is 19.2 Å². The third kappa shape index (κ3) is 8.35. The van der Waals surface area contributed by atoms with Gasteiger partial charge in [0, 0.05) is 16.1 Å². The minimum absolute atomic E-state index is 0.0951. The number of primary amides is 1. The molecule has 0 aliphatic heterocycles. The van der Waals surface area contributed by atoms with E-state index >= 15 is 0 Å². The van der Waals surface area contributed by atoms with Crippen LogP contribution in [-0.2, 0) is 9.59 Å². The zero-order chi connectivity index (χ0) is 31.6. The van der Waals surface area contributed by atoms with Crippen LogP contribution < -0.4 is 21.7 Å². The molecule has 0 fully saturated rings. The van der Waals surface area contributed by atoms with Gasteiger partial charge in [-0.05, 0) is 82.6 Å². The van der Waals surface area contributed by atoms with E-state index in [1.54, 1.807) is 78.9 Å². The maximum atomic E-state index is 13.5. The van der Waals surface area contributed by atoms with E-state index in [1.165, 1.54) is 23.1 Å². The topological polar surface area (TPSA) is 130 Å². The number of nitrogens with one attached hydrogen (secondary N) is 3. The predicted molar refractivity (Wildman–Crippen MR) is 180 cm³/mol. The highest BCUT2D eigenvalue weighted by atomic mass is 32.2. The van der Waals surface area contributed by atoms with E-state index in [2.05, 4.69) is 16.0 Å². The lowest BCUT2D eigenvalue weighted by atomic mass is 10.1. The number of carbonyl (C=O) groups is 4. The van der Waals surface area contributed by atoms with Crippen LogP contribution in [0, 0.1) is 0 Å². The first-order valence-electron chi connectivity index (χ1n) is 13.8. The SMILES string of the molecule is NC(=O)c1ccccc1NC(=O)C(Sc1ccc(NC(=O)/C(=C/c2ccsc2)NC(=O)c2ccccc2)cc1)c1ccccc1. The number of hydrogen-bond acceptors (Lipinski definition) is 6. The van der Waals surface area contributed by atoms with Crippen LogP contribution in [0.15, 0.2) is 137 Å². The number of rotatable bonds is 11. The summed E-state index contributed by atoms with van der Waals surface area (Å²) in [6.45, 7) is 0. The Kier molecular flexibility index (Phi) is 10.2. The van der Waals surface area contributed by atoms with E-state index in [-0.39, 0.29) is 17.2 Å². The molecule has 1 unspecified atom stereocenters. The van der Waals surface area contributed by atoms with Crippen molar-refractivity contribution >= 4 is 64.2 Å². The highest BCUT2D eigenvalue weighted by Gasteiger charge is 2.24. The maximum absolute atomic E-state index is 13.5. The molecule has 0 saturated carbocycles. The second-order valence-electron chi connectivity index (χ2n) is 9.72. The molecule has 0 aliphatic carbocycles. The van der Waals surface area contributed by atoms with Crippen LogP contribution in [0.25, 0.3) is 6.08 Å². The van der Waals surface area contributed by atoms with Gasteiger partial charge in [-0.1, -0.05) is 60.7 Å². The van der Waals surface area contributed by atoms with Gasteiger partial charge in [-0.2, -0.15) is 11.3 Å². The average Bonchev–Trinajstić information content (AvgIpc) is 3.58. The van der Waals surface area contributed by atoms with Crippen LogP contribution in [-0.4, -0.2) is 23.6 Å². The summed E-state index contributed by atoms with van der Waals surface area (Å²) in [4.78, 5) is 52.3. The minimum atomic E-state index is -0.652. The van der Waals surface area contributed by atoms with E-state index in [0.717, 1.165) is 16.0 Å². The Bertz CT molecular complexity index is 1830. The molecule has 5 aromatic rings. The van der Waals surface area contributed by atoms with Crippen molar-refractivity contribution in [3.8, 4) is 0 Å². The molecule has 1 aromatic heterocycles. The van der Waals surface area contributed by atoms with Crippen LogP contribution in [0.2, 0.25) is 0 Å². The third-order valence-corrected chi connectivity index (χ3v) is 8.51. The van der Waals surface area contributed by atoms with Gasteiger partial charge in [0.1, 0.15) is 10.9 Å². The largest absolute Gasteiger partial charge is 0.366 e. The smallest absolute Gasteiger partial charge is 0.272 e. The van der Waals surface area contributed by atoms with Crippen molar-refractivity contribution in [1.29, 1.82) is 0 Å². The van der Waals surface area contributed by atoms with Crippen molar-refractivity contribution in [3.63, 3.8) is 0 Å². The van der Waals surface area contributed by atoms with Crippen molar-refractivity contribution in [2.24, 2.45) is 5.73 Å². The van der Waals surface area contributed by atoms with Gasteiger partial charge < -0.3 is 21.7 Å². The molecule has 0 radical (unpaired) electrons. The molecule has 0 saturated heterocycles. The number of hydrogen-bond donors (Lipinski definition) is 4. The van der Waals surface area contributed by atoms with Gasteiger partial charge in [-0.25, -0.2) is 0 Å². The molecular weight excluding hydrogens is 605 g/mol. The van der Waals surface area contributed by atoms with Gasteiger partial charge in [-0.15, -0.1) is 11.8 Å². The highest BCUT2D eigenvalue weighted by Crippen LogP contribution is 2.37. The number of thioether (sulfide) groups is 1. The number of amides is 4. The maximum Gasteiger partial charge on any atom is 0.272 e. The fourth-order valence-corrected chi connectivity index (χ4v) is 5.97. The summed E-state index contributed by atoms with van der Waals surface area (Å²) in [5.41, 5.74) is 8.64. The first-order chi connectivity index (χ1) is 21.9. The normalized spacial score (nSPS) is 11.7. The Balaban J connectivity index is 1.32. The molecule has 224 valence electrons. The molecule has 5 rings (SSSR count). The van der Waals surface area contributed by atoms with Crippen molar-refractivity contribution in [2.45, 2.75) is 10.1 Å². The number of thiophene rings is 1. The zero-order valence-electron chi connectivity index (χ0n) is 23.8. The van der Waals surface area contributed by atoms with Crippen LogP contribution in [0.5, 0.6) is 0 Å². The highest BCUT2D eigenvalue weighted by molar-refractivity contribution is 8.00. The average molecular weight is 633 g/mol. The Morgan fingerprint density at radius 3 is 2.09 bits per heavy atom. The molecule has 4 amide bonds. The van der Waals surface area contributed by atoms with E-state index < -0.39 is 23.0 Å². The molecule has 0 spiro atoms. The van der Waals surface area contributed by atoms with E-state index in [0.29, 0.717) is 16.9 Å². The van der Waals surface area contributed by atoms with Gasteiger partial charge in [0.15, 0.2) is 0 Å². The number of nitrogens with two attached hydrogens (primary N) is 1. The van der Waals surface area contributed by atoms with Crippen molar-refractivity contribution in [2.75, 3.05) is 10.6 Å². The predicted octanol–water partition coefficient (Wildman–Crippen LogP) is 6.73. The molecule has 0 aliphatic rings. The molecule has 0 bridgehead atoms. The number of carbonyl (C=O) groups excluding carboxylic acids is 4. The quantitative estimate of drug-likeness (QED) is 0.0948.